The van der Waals surface area contributed by atoms with E-state index in [4.69, 9.17) is 5.11 Å². The average molecular weight is 255 g/mol. The summed E-state index contributed by atoms with van der Waals surface area (Å²) >= 11 is 0. The van der Waals surface area contributed by atoms with Crippen LogP contribution in [0.25, 0.3) is 0 Å². The van der Waals surface area contributed by atoms with E-state index in [9.17, 15) is 4.79 Å². The fraction of sp³-hybridized carbons (Fsp3) is 0.933. The van der Waals surface area contributed by atoms with Gasteiger partial charge in [0.25, 0.3) is 0 Å². The maximum atomic E-state index is 11.0. The maximum absolute atomic E-state index is 11.0. The zero-order valence-electron chi connectivity index (χ0n) is 12.0. The highest BCUT2D eigenvalue weighted by Crippen LogP contribution is 2.28. The maximum Gasteiger partial charge on any atom is 0.320 e. The molecule has 0 spiro atoms. The molecule has 0 heterocycles. The Labute approximate surface area is 111 Å². The van der Waals surface area contributed by atoms with E-state index in [0.29, 0.717) is 5.92 Å². The third kappa shape index (κ3) is 5.85. The first-order chi connectivity index (χ1) is 8.63. The van der Waals surface area contributed by atoms with Crippen molar-refractivity contribution in [1.82, 2.24) is 5.32 Å². The molecule has 3 heteroatoms. The molecule has 0 aromatic rings. The smallest absolute Gasteiger partial charge is 0.320 e. The lowest BCUT2D eigenvalue weighted by molar-refractivity contribution is -0.139. The van der Waals surface area contributed by atoms with Crippen molar-refractivity contribution in [2.24, 2.45) is 11.8 Å². The Kier molecular flexibility index (Phi) is 7.33. The van der Waals surface area contributed by atoms with Gasteiger partial charge in [0, 0.05) is 0 Å². The van der Waals surface area contributed by atoms with Gasteiger partial charge in [-0.05, 0) is 31.2 Å². The molecule has 0 saturated heterocycles. The largest absolute Gasteiger partial charge is 0.480 e. The lowest BCUT2D eigenvalue weighted by atomic mass is 9.83. The van der Waals surface area contributed by atoms with Crippen LogP contribution in [0.1, 0.15) is 65.2 Å². The topological polar surface area (TPSA) is 49.3 Å². The molecular weight excluding hydrogens is 226 g/mol. The van der Waals surface area contributed by atoms with Crippen LogP contribution >= 0.6 is 0 Å². The normalized spacial score (nSPS) is 20.6. The first-order valence-electron chi connectivity index (χ1n) is 7.59. The predicted octanol–water partition coefficient (Wildman–Crippen LogP) is 3.44. The monoisotopic (exact) mass is 255 g/mol. The molecule has 0 aromatic carbocycles. The Balaban J connectivity index is 2.21. The van der Waals surface area contributed by atoms with Gasteiger partial charge in [-0.3, -0.25) is 4.79 Å². The van der Waals surface area contributed by atoms with E-state index >= 15 is 0 Å². The van der Waals surface area contributed by atoms with Gasteiger partial charge in [0.05, 0.1) is 0 Å². The minimum Gasteiger partial charge on any atom is -0.480 e. The van der Waals surface area contributed by atoms with Crippen molar-refractivity contribution in [1.29, 1.82) is 0 Å². The van der Waals surface area contributed by atoms with Gasteiger partial charge in [0.15, 0.2) is 0 Å². The summed E-state index contributed by atoms with van der Waals surface area (Å²) in [6.45, 7) is 5.11. The average Bonchev–Trinajstić information content (AvgIpc) is 2.35. The quantitative estimate of drug-likeness (QED) is 0.698. The van der Waals surface area contributed by atoms with E-state index in [0.717, 1.165) is 25.3 Å². The molecule has 1 saturated carbocycles. The standard InChI is InChI=1S/C15H29NO2/c1-3-7-14(15(17)18)16-11-12(2)10-13-8-5-4-6-9-13/h12-14,16H,3-11H2,1-2H3,(H,17,18). The van der Waals surface area contributed by atoms with Crippen LogP contribution in [-0.4, -0.2) is 23.7 Å². The number of nitrogens with one attached hydrogen (secondary N) is 1. The zero-order chi connectivity index (χ0) is 13.4. The fourth-order valence-corrected chi connectivity index (χ4v) is 3.02. The van der Waals surface area contributed by atoms with Crippen molar-refractivity contribution in [2.45, 2.75) is 71.3 Å². The van der Waals surface area contributed by atoms with E-state index in [2.05, 4.69) is 12.2 Å². The van der Waals surface area contributed by atoms with Gasteiger partial charge >= 0.3 is 5.97 Å². The molecule has 2 unspecified atom stereocenters. The van der Waals surface area contributed by atoms with Crippen LogP contribution in [-0.2, 0) is 4.79 Å². The van der Waals surface area contributed by atoms with Gasteiger partial charge in [0.2, 0.25) is 0 Å². The third-order valence-electron chi connectivity index (χ3n) is 4.05. The lowest BCUT2D eigenvalue weighted by Crippen LogP contribution is -2.39. The Morgan fingerprint density at radius 3 is 2.56 bits per heavy atom. The van der Waals surface area contributed by atoms with Crippen LogP contribution in [0.5, 0.6) is 0 Å². The zero-order valence-corrected chi connectivity index (χ0v) is 12.0. The summed E-state index contributed by atoms with van der Waals surface area (Å²) in [7, 11) is 0. The molecule has 0 bridgehead atoms. The number of carboxylic acid groups (broad SMARTS) is 1. The van der Waals surface area contributed by atoms with Gasteiger partial charge in [-0.2, -0.15) is 0 Å². The molecule has 1 aliphatic carbocycles. The SMILES string of the molecule is CCCC(NCC(C)CC1CCCCC1)C(=O)O. The van der Waals surface area contributed by atoms with Gasteiger partial charge in [-0.1, -0.05) is 52.4 Å². The summed E-state index contributed by atoms with van der Waals surface area (Å²) < 4.78 is 0. The molecule has 0 amide bonds. The first-order valence-corrected chi connectivity index (χ1v) is 7.59. The highest BCUT2D eigenvalue weighted by atomic mass is 16.4. The Bertz CT molecular complexity index is 237. The molecule has 0 aliphatic heterocycles. The van der Waals surface area contributed by atoms with Gasteiger partial charge < -0.3 is 10.4 Å². The Morgan fingerprint density at radius 2 is 2.00 bits per heavy atom. The number of carboxylic acids is 1. The summed E-state index contributed by atoms with van der Waals surface area (Å²) in [5, 5.41) is 12.3. The molecule has 18 heavy (non-hydrogen) atoms. The molecule has 106 valence electrons. The summed E-state index contributed by atoms with van der Waals surface area (Å²) in [4.78, 5) is 11.0. The van der Waals surface area contributed by atoms with Crippen LogP contribution in [0.3, 0.4) is 0 Å². The molecule has 1 fully saturated rings. The molecule has 2 atom stereocenters. The van der Waals surface area contributed by atoms with Crippen LogP contribution in [0.2, 0.25) is 0 Å². The molecule has 0 aromatic heterocycles. The van der Waals surface area contributed by atoms with Crippen molar-refractivity contribution in [2.75, 3.05) is 6.54 Å². The van der Waals surface area contributed by atoms with Crippen LogP contribution in [0, 0.1) is 11.8 Å². The van der Waals surface area contributed by atoms with Crippen molar-refractivity contribution in [3.8, 4) is 0 Å². The second-order valence-corrected chi connectivity index (χ2v) is 5.93. The van der Waals surface area contributed by atoms with E-state index < -0.39 is 5.97 Å². The summed E-state index contributed by atoms with van der Waals surface area (Å²) in [6.07, 6.45) is 9.83. The minimum atomic E-state index is -0.707. The number of hydrogen-bond donors (Lipinski definition) is 2. The van der Waals surface area contributed by atoms with Crippen molar-refractivity contribution in [3.63, 3.8) is 0 Å². The molecule has 2 N–H and O–H groups in total. The van der Waals surface area contributed by atoms with E-state index in [1.54, 1.807) is 0 Å². The molecular formula is C15H29NO2. The van der Waals surface area contributed by atoms with Crippen molar-refractivity contribution in [3.05, 3.63) is 0 Å². The molecule has 1 rings (SSSR count). The van der Waals surface area contributed by atoms with Crippen LogP contribution in [0.15, 0.2) is 0 Å². The minimum absolute atomic E-state index is 0.358. The van der Waals surface area contributed by atoms with Gasteiger partial charge in [-0.15, -0.1) is 0 Å². The predicted molar refractivity (Wildman–Crippen MR) is 74.7 cm³/mol. The second-order valence-electron chi connectivity index (χ2n) is 5.93. The van der Waals surface area contributed by atoms with Gasteiger partial charge in [0.1, 0.15) is 6.04 Å². The third-order valence-corrected chi connectivity index (χ3v) is 4.05. The second kappa shape index (κ2) is 8.52. The van der Waals surface area contributed by atoms with Crippen molar-refractivity contribution < 1.29 is 9.90 Å². The molecule has 1 aliphatic rings. The molecule has 3 nitrogen and oxygen atoms in total. The summed E-state index contributed by atoms with van der Waals surface area (Å²) in [6, 6.07) is -0.358. The Morgan fingerprint density at radius 1 is 1.33 bits per heavy atom. The highest BCUT2D eigenvalue weighted by molar-refractivity contribution is 5.73. The van der Waals surface area contributed by atoms with Gasteiger partial charge in [-0.25, -0.2) is 0 Å². The fourth-order valence-electron chi connectivity index (χ4n) is 3.02. The number of rotatable bonds is 8. The highest BCUT2D eigenvalue weighted by Gasteiger charge is 2.19. The summed E-state index contributed by atoms with van der Waals surface area (Å²) in [5.74, 6) is 0.763. The van der Waals surface area contributed by atoms with Crippen molar-refractivity contribution >= 4 is 5.97 Å². The molecule has 0 radical (unpaired) electrons. The lowest BCUT2D eigenvalue weighted by Gasteiger charge is -2.25. The number of aliphatic carboxylic acids is 1. The number of hydrogen-bond acceptors (Lipinski definition) is 2. The van der Waals surface area contributed by atoms with Crippen LogP contribution in [0.4, 0.5) is 0 Å². The Hall–Kier alpha value is -0.570. The first kappa shape index (κ1) is 15.5. The number of carbonyl (C=O) groups is 1. The van der Waals surface area contributed by atoms with Crippen LogP contribution < -0.4 is 5.32 Å². The van der Waals surface area contributed by atoms with E-state index in [-0.39, 0.29) is 6.04 Å². The summed E-state index contributed by atoms with van der Waals surface area (Å²) in [5.41, 5.74) is 0. The van der Waals surface area contributed by atoms with E-state index in [1.807, 2.05) is 6.92 Å². The van der Waals surface area contributed by atoms with E-state index in [1.165, 1.54) is 38.5 Å².